The SMILES string of the molecule is Cc1ccc(OCC(=O)NCc2ccc(Cl)cc2Cl)cc1C. The number of benzene rings is 2. The monoisotopic (exact) mass is 337 g/mol. The predicted octanol–water partition coefficient (Wildman–Crippen LogP) is 4.31. The summed E-state index contributed by atoms with van der Waals surface area (Å²) in [4.78, 5) is 11.8. The van der Waals surface area contributed by atoms with Crippen LogP contribution in [-0.4, -0.2) is 12.5 Å². The Labute approximate surface area is 140 Å². The molecule has 0 bridgehead atoms. The number of carbonyl (C=O) groups is 1. The summed E-state index contributed by atoms with van der Waals surface area (Å²) in [5.74, 6) is 0.479. The van der Waals surface area contributed by atoms with Crippen LogP contribution in [0, 0.1) is 13.8 Å². The van der Waals surface area contributed by atoms with Crippen LogP contribution in [0.25, 0.3) is 0 Å². The molecular formula is C17H17Cl2NO2. The normalized spacial score (nSPS) is 10.4. The lowest BCUT2D eigenvalue weighted by Crippen LogP contribution is -2.28. The van der Waals surface area contributed by atoms with Gasteiger partial charge in [0.2, 0.25) is 0 Å². The summed E-state index contributed by atoms with van der Waals surface area (Å²) in [5.41, 5.74) is 3.13. The molecule has 116 valence electrons. The van der Waals surface area contributed by atoms with Crippen LogP contribution >= 0.6 is 23.2 Å². The molecule has 2 aromatic rings. The minimum atomic E-state index is -0.204. The maximum Gasteiger partial charge on any atom is 0.258 e. The molecule has 0 aliphatic heterocycles. The highest BCUT2D eigenvalue weighted by Gasteiger charge is 2.06. The average Bonchev–Trinajstić information content (AvgIpc) is 2.47. The van der Waals surface area contributed by atoms with Crippen molar-refractivity contribution in [3.63, 3.8) is 0 Å². The Morgan fingerprint density at radius 3 is 2.55 bits per heavy atom. The maximum atomic E-state index is 11.8. The van der Waals surface area contributed by atoms with Crippen LogP contribution in [0.3, 0.4) is 0 Å². The Morgan fingerprint density at radius 2 is 1.86 bits per heavy atom. The molecule has 1 N–H and O–H groups in total. The molecule has 0 unspecified atom stereocenters. The van der Waals surface area contributed by atoms with Crippen molar-refractivity contribution in [2.75, 3.05) is 6.61 Å². The van der Waals surface area contributed by atoms with Crippen LogP contribution in [0.5, 0.6) is 5.75 Å². The lowest BCUT2D eigenvalue weighted by Gasteiger charge is -2.10. The molecule has 1 amide bonds. The topological polar surface area (TPSA) is 38.3 Å². The van der Waals surface area contributed by atoms with Gasteiger partial charge in [-0.2, -0.15) is 0 Å². The largest absolute Gasteiger partial charge is 0.484 e. The first kappa shape index (κ1) is 16.7. The Morgan fingerprint density at radius 1 is 1.09 bits per heavy atom. The van der Waals surface area contributed by atoms with Crippen molar-refractivity contribution in [1.82, 2.24) is 5.32 Å². The van der Waals surface area contributed by atoms with Crippen molar-refractivity contribution in [2.24, 2.45) is 0 Å². The Balaban J connectivity index is 1.84. The van der Waals surface area contributed by atoms with Crippen molar-refractivity contribution in [2.45, 2.75) is 20.4 Å². The third kappa shape index (κ3) is 4.65. The van der Waals surface area contributed by atoms with Crippen LogP contribution < -0.4 is 10.1 Å². The smallest absolute Gasteiger partial charge is 0.258 e. The summed E-state index contributed by atoms with van der Waals surface area (Å²) < 4.78 is 5.48. The fourth-order valence-electron chi connectivity index (χ4n) is 1.86. The lowest BCUT2D eigenvalue weighted by atomic mass is 10.1. The summed E-state index contributed by atoms with van der Waals surface area (Å²) in [7, 11) is 0. The fraction of sp³-hybridized carbons (Fsp3) is 0.235. The van der Waals surface area contributed by atoms with Gasteiger partial charge in [-0.25, -0.2) is 0 Å². The second kappa shape index (κ2) is 7.52. The van der Waals surface area contributed by atoms with Crippen molar-refractivity contribution in [3.05, 3.63) is 63.1 Å². The van der Waals surface area contributed by atoms with E-state index in [2.05, 4.69) is 5.32 Å². The molecule has 0 saturated carbocycles. The van der Waals surface area contributed by atoms with Crippen LogP contribution in [0.2, 0.25) is 10.0 Å². The van der Waals surface area contributed by atoms with Gasteiger partial charge in [0.1, 0.15) is 5.75 Å². The van der Waals surface area contributed by atoms with Gasteiger partial charge in [0.05, 0.1) is 0 Å². The molecule has 0 aromatic heterocycles. The second-order valence-electron chi connectivity index (χ2n) is 5.05. The molecule has 0 aliphatic rings. The number of aryl methyl sites for hydroxylation is 2. The van der Waals surface area contributed by atoms with Crippen LogP contribution in [-0.2, 0) is 11.3 Å². The van der Waals surface area contributed by atoms with E-state index in [0.29, 0.717) is 22.3 Å². The van der Waals surface area contributed by atoms with Crippen molar-refractivity contribution < 1.29 is 9.53 Å². The van der Waals surface area contributed by atoms with Gasteiger partial charge in [0.15, 0.2) is 6.61 Å². The number of hydrogen-bond donors (Lipinski definition) is 1. The molecule has 0 heterocycles. The first-order valence-corrected chi connectivity index (χ1v) is 7.62. The van der Waals surface area contributed by atoms with Gasteiger partial charge in [0, 0.05) is 16.6 Å². The van der Waals surface area contributed by atoms with E-state index >= 15 is 0 Å². The highest BCUT2D eigenvalue weighted by atomic mass is 35.5. The molecule has 0 fully saturated rings. The van der Waals surface area contributed by atoms with E-state index in [0.717, 1.165) is 11.1 Å². The van der Waals surface area contributed by atoms with E-state index < -0.39 is 0 Å². The molecule has 0 aliphatic carbocycles. The zero-order valence-corrected chi connectivity index (χ0v) is 14.0. The Hall–Kier alpha value is -1.71. The van der Waals surface area contributed by atoms with E-state index in [1.807, 2.05) is 32.0 Å². The molecule has 5 heteroatoms. The summed E-state index contributed by atoms with van der Waals surface area (Å²) in [5, 5.41) is 3.86. The van der Waals surface area contributed by atoms with Gasteiger partial charge < -0.3 is 10.1 Å². The van der Waals surface area contributed by atoms with Gasteiger partial charge >= 0.3 is 0 Å². The Kier molecular flexibility index (Phi) is 5.69. The van der Waals surface area contributed by atoms with E-state index in [1.54, 1.807) is 18.2 Å². The summed E-state index contributed by atoms with van der Waals surface area (Å²) in [6.07, 6.45) is 0. The number of hydrogen-bond acceptors (Lipinski definition) is 2. The molecule has 22 heavy (non-hydrogen) atoms. The molecular weight excluding hydrogens is 321 g/mol. The Bertz CT molecular complexity index is 686. The first-order valence-electron chi connectivity index (χ1n) is 6.86. The second-order valence-corrected chi connectivity index (χ2v) is 5.89. The minimum Gasteiger partial charge on any atom is -0.484 e. The lowest BCUT2D eigenvalue weighted by molar-refractivity contribution is -0.123. The highest BCUT2D eigenvalue weighted by molar-refractivity contribution is 6.35. The van der Waals surface area contributed by atoms with E-state index in [9.17, 15) is 4.79 Å². The number of halogens is 2. The summed E-state index contributed by atoms with van der Waals surface area (Å²) in [6.45, 7) is 4.34. The number of rotatable bonds is 5. The van der Waals surface area contributed by atoms with Crippen LogP contribution in [0.15, 0.2) is 36.4 Å². The molecule has 0 saturated heterocycles. The van der Waals surface area contributed by atoms with Gasteiger partial charge in [-0.05, 0) is 54.8 Å². The van der Waals surface area contributed by atoms with Crippen molar-refractivity contribution in [3.8, 4) is 5.75 Å². The maximum absolute atomic E-state index is 11.8. The zero-order valence-electron chi connectivity index (χ0n) is 12.5. The number of nitrogens with one attached hydrogen (secondary N) is 1. The number of carbonyl (C=O) groups excluding carboxylic acids is 1. The predicted molar refractivity (Wildman–Crippen MR) is 89.7 cm³/mol. The van der Waals surface area contributed by atoms with Gasteiger partial charge in [-0.3, -0.25) is 4.79 Å². The van der Waals surface area contributed by atoms with E-state index in [-0.39, 0.29) is 12.5 Å². The zero-order chi connectivity index (χ0) is 16.1. The number of ether oxygens (including phenoxy) is 1. The van der Waals surface area contributed by atoms with Crippen molar-refractivity contribution in [1.29, 1.82) is 0 Å². The average molecular weight is 338 g/mol. The number of amides is 1. The van der Waals surface area contributed by atoms with Gasteiger partial charge in [0.25, 0.3) is 5.91 Å². The van der Waals surface area contributed by atoms with Crippen LogP contribution in [0.1, 0.15) is 16.7 Å². The standard InChI is InChI=1S/C17H17Cl2NO2/c1-11-3-6-15(7-12(11)2)22-10-17(21)20-9-13-4-5-14(18)8-16(13)19/h3-8H,9-10H2,1-2H3,(H,20,21). The third-order valence-corrected chi connectivity index (χ3v) is 3.93. The highest BCUT2D eigenvalue weighted by Crippen LogP contribution is 2.20. The minimum absolute atomic E-state index is 0.0340. The first-order chi connectivity index (χ1) is 10.5. The third-order valence-electron chi connectivity index (χ3n) is 3.34. The summed E-state index contributed by atoms with van der Waals surface area (Å²) >= 11 is 11.9. The summed E-state index contributed by atoms with van der Waals surface area (Å²) in [6, 6.07) is 10.9. The van der Waals surface area contributed by atoms with Crippen molar-refractivity contribution >= 4 is 29.1 Å². The quantitative estimate of drug-likeness (QED) is 0.882. The molecule has 0 atom stereocenters. The van der Waals surface area contributed by atoms with E-state index in [4.69, 9.17) is 27.9 Å². The molecule has 0 spiro atoms. The molecule has 2 aromatic carbocycles. The molecule has 3 nitrogen and oxygen atoms in total. The molecule has 2 rings (SSSR count). The van der Waals surface area contributed by atoms with E-state index in [1.165, 1.54) is 5.56 Å². The van der Waals surface area contributed by atoms with Gasteiger partial charge in [-0.1, -0.05) is 35.3 Å². The fourth-order valence-corrected chi connectivity index (χ4v) is 2.34. The van der Waals surface area contributed by atoms with Crippen LogP contribution in [0.4, 0.5) is 0 Å². The molecule has 0 radical (unpaired) electrons. The van der Waals surface area contributed by atoms with Gasteiger partial charge in [-0.15, -0.1) is 0 Å².